The van der Waals surface area contributed by atoms with Gasteiger partial charge in [-0.3, -0.25) is 4.99 Å². The molecule has 1 atom stereocenters. The molecular weight excluding hydrogens is 318 g/mol. The molecule has 1 fully saturated rings. The van der Waals surface area contributed by atoms with E-state index < -0.39 is 11.7 Å². The predicted molar refractivity (Wildman–Crippen MR) is 103 cm³/mol. The molecule has 0 aliphatic carbocycles. The smallest absolute Gasteiger partial charge is 0.407 e. The maximum Gasteiger partial charge on any atom is 0.407 e. The summed E-state index contributed by atoms with van der Waals surface area (Å²) in [6.45, 7) is 12.2. The van der Waals surface area contributed by atoms with Crippen molar-refractivity contribution in [2.45, 2.75) is 65.0 Å². The number of hydrogen-bond donors (Lipinski definition) is 3. The minimum Gasteiger partial charge on any atom is -0.444 e. The molecule has 0 spiro atoms. The predicted octanol–water partition coefficient (Wildman–Crippen LogP) is 1.94. The van der Waals surface area contributed by atoms with E-state index >= 15 is 0 Å². The molecule has 0 aromatic rings. The molecule has 0 saturated carbocycles. The van der Waals surface area contributed by atoms with E-state index in [-0.39, 0.29) is 0 Å². The molecule has 25 heavy (non-hydrogen) atoms. The van der Waals surface area contributed by atoms with Crippen LogP contribution in [0.5, 0.6) is 0 Å². The molecule has 7 nitrogen and oxygen atoms in total. The molecule has 1 unspecified atom stereocenters. The van der Waals surface area contributed by atoms with Gasteiger partial charge in [0.05, 0.1) is 0 Å². The van der Waals surface area contributed by atoms with Crippen LogP contribution in [0.25, 0.3) is 0 Å². The van der Waals surface area contributed by atoms with E-state index in [0.29, 0.717) is 19.1 Å². The van der Waals surface area contributed by atoms with Crippen molar-refractivity contribution in [3.63, 3.8) is 0 Å². The monoisotopic (exact) mass is 355 g/mol. The average molecular weight is 356 g/mol. The zero-order chi connectivity index (χ0) is 18.7. The van der Waals surface area contributed by atoms with Crippen LogP contribution < -0.4 is 16.0 Å². The summed E-state index contributed by atoms with van der Waals surface area (Å²) < 4.78 is 5.19. The van der Waals surface area contributed by atoms with Gasteiger partial charge < -0.3 is 25.6 Å². The molecule has 1 amide bonds. The maximum atomic E-state index is 11.5. The summed E-state index contributed by atoms with van der Waals surface area (Å²) in [6.07, 6.45) is 4.71. The summed E-state index contributed by atoms with van der Waals surface area (Å²) in [7, 11) is 1.75. The van der Waals surface area contributed by atoms with Gasteiger partial charge in [0, 0.05) is 39.3 Å². The van der Waals surface area contributed by atoms with Gasteiger partial charge in [-0.15, -0.1) is 0 Å². The van der Waals surface area contributed by atoms with E-state index in [4.69, 9.17) is 4.74 Å². The minimum atomic E-state index is -0.471. The Hall–Kier alpha value is -1.50. The maximum absolute atomic E-state index is 11.5. The van der Waals surface area contributed by atoms with Crippen LogP contribution in [0, 0.1) is 0 Å². The Labute approximate surface area is 153 Å². The SMILES string of the molecule is CN=C(NCCCN1CCCCC1C)NCCNC(=O)OC(C)(C)C. The summed E-state index contributed by atoms with van der Waals surface area (Å²) in [5.41, 5.74) is -0.471. The fourth-order valence-corrected chi connectivity index (χ4v) is 2.86. The largest absolute Gasteiger partial charge is 0.444 e. The lowest BCUT2D eigenvalue weighted by atomic mass is 10.0. The Morgan fingerprint density at radius 2 is 1.84 bits per heavy atom. The fraction of sp³-hybridized carbons (Fsp3) is 0.889. The third-order valence-electron chi connectivity index (χ3n) is 4.16. The quantitative estimate of drug-likeness (QED) is 0.370. The lowest BCUT2D eigenvalue weighted by Crippen LogP contribution is -2.43. The third kappa shape index (κ3) is 10.2. The number of carbonyl (C=O) groups is 1. The highest BCUT2D eigenvalue weighted by Gasteiger charge is 2.17. The Kier molecular flexibility index (Phi) is 9.63. The average Bonchev–Trinajstić information content (AvgIpc) is 2.53. The van der Waals surface area contributed by atoms with Crippen molar-refractivity contribution in [2.75, 3.05) is 39.8 Å². The minimum absolute atomic E-state index is 0.395. The normalized spacial score (nSPS) is 19.4. The Balaban J connectivity index is 2.09. The second kappa shape index (κ2) is 11.2. The summed E-state index contributed by atoms with van der Waals surface area (Å²) in [5.74, 6) is 0.762. The highest BCUT2D eigenvalue weighted by Crippen LogP contribution is 2.15. The molecule has 1 heterocycles. The van der Waals surface area contributed by atoms with E-state index in [1.165, 1.54) is 25.8 Å². The van der Waals surface area contributed by atoms with E-state index in [1.807, 2.05) is 20.8 Å². The molecule has 3 N–H and O–H groups in total. The second-order valence-corrected chi connectivity index (χ2v) is 7.59. The van der Waals surface area contributed by atoms with Gasteiger partial charge in [0.1, 0.15) is 5.60 Å². The number of aliphatic imine (C=N–C) groups is 1. The molecule has 1 aliphatic heterocycles. The van der Waals surface area contributed by atoms with Gasteiger partial charge in [-0.2, -0.15) is 0 Å². The molecule has 1 saturated heterocycles. The lowest BCUT2D eigenvalue weighted by molar-refractivity contribution is 0.0529. The van der Waals surface area contributed by atoms with Gasteiger partial charge in [0.25, 0.3) is 0 Å². The number of nitrogens with zero attached hydrogens (tertiary/aromatic N) is 2. The Morgan fingerprint density at radius 1 is 1.16 bits per heavy atom. The first-order valence-electron chi connectivity index (χ1n) is 9.47. The summed E-state index contributed by atoms with van der Waals surface area (Å²) >= 11 is 0. The van der Waals surface area contributed by atoms with Gasteiger partial charge >= 0.3 is 6.09 Å². The number of alkyl carbamates (subject to hydrolysis) is 1. The number of hydrogen-bond acceptors (Lipinski definition) is 4. The zero-order valence-electron chi connectivity index (χ0n) is 16.7. The highest BCUT2D eigenvalue weighted by molar-refractivity contribution is 5.79. The van der Waals surface area contributed by atoms with Crippen LogP contribution in [-0.2, 0) is 4.74 Å². The summed E-state index contributed by atoms with van der Waals surface area (Å²) in [6, 6.07) is 0.713. The number of guanidine groups is 1. The van der Waals surface area contributed by atoms with Gasteiger partial charge in [0.2, 0.25) is 0 Å². The highest BCUT2D eigenvalue weighted by atomic mass is 16.6. The molecule has 1 aliphatic rings. The number of piperidine rings is 1. The first kappa shape index (κ1) is 21.5. The number of ether oxygens (including phenoxy) is 1. The Bertz CT molecular complexity index is 420. The summed E-state index contributed by atoms with van der Waals surface area (Å²) in [4.78, 5) is 18.3. The molecule has 0 aromatic heterocycles. The van der Waals surface area contributed by atoms with Gasteiger partial charge in [-0.1, -0.05) is 6.42 Å². The standard InChI is InChI=1S/C18H37N5O2/c1-15-9-6-7-13-23(15)14-8-10-20-16(19-5)21-11-12-22-17(24)25-18(2,3)4/h15H,6-14H2,1-5H3,(H,22,24)(H2,19,20,21). The summed E-state index contributed by atoms with van der Waals surface area (Å²) in [5, 5.41) is 9.23. The van der Waals surface area contributed by atoms with E-state index in [2.05, 4.69) is 32.8 Å². The van der Waals surface area contributed by atoms with Crippen LogP contribution in [-0.4, -0.2) is 68.4 Å². The number of likely N-dealkylation sites (tertiary alicyclic amines) is 1. The van der Waals surface area contributed by atoms with Crippen molar-refractivity contribution in [3.05, 3.63) is 0 Å². The van der Waals surface area contributed by atoms with Crippen LogP contribution in [0.1, 0.15) is 53.4 Å². The van der Waals surface area contributed by atoms with Crippen molar-refractivity contribution in [2.24, 2.45) is 4.99 Å². The van der Waals surface area contributed by atoms with Crippen molar-refractivity contribution in [3.8, 4) is 0 Å². The van der Waals surface area contributed by atoms with Crippen LogP contribution >= 0.6 is 0 Å². The molecule has 0 aromatic carbocycles. The molecular formula is C18H37N5O2. The third-order valence-corrected chi connectivity index (χ3v) is 4.16. The van der Waals surface area contributed by atoms with Crippen molar-refractivity contribution in [1.82, 2.24) is 20.9 Å². The van der Waals surface area contributed by atoms with Crippen LogP contribution in [0.3, 0.4) is 0 Å². The van der Waals surface area contributed by atoms with Crippen LogP contribution in [0.2, 0.25) is 0 Å². The van der Waals surface area contributed by atoms with Gasteiger partial charge in [-0.05, 0) is 53.5 Å². The molecule has 1 rings (SSSR count). The molecule has 146 valence electrons. The second-order valence-electron chi connectivity index (χ2n) is 7.59. The van der Waals surface area contributed by atoms with Crippen LogP contribution in [0.4, 0.5) is 4.79 Å². The number of nitrogens with one attached hydrogen (secondary N) is 3. The van der Waals surface area contributed by atoms with Crippen molar-refractivity contribution < 1.29 is 9.53 Å². The topological polar surface area (TPSA) is 78.0 Å². The van der Waals surface area contributed by atoms with Crippen molar-refractivity contribution >= 4 is 12.1 Å². The van der Waals surface area contributed by atoms with Gasteiger partial charge in [-0.25, -0.2) is 4.79 Å². The van der Waals surface area contributed by atoms with Crippen molar-refractivity contribution in [1.29, 1.82) is 0 Å². The van der Waals surface area contributed by atoms with E-state index in [0.717, 1.165) is 25.5 Å². The first-order valence-corrected chi connectivity index (χ1v) is 9.47. The molecule has 0 bridgehead atoms. The van der Waals surface area contributed by atoms with Gasteiger partial charge in [0.15, 0.2) is 5.96 Å². The first-order chi connectivity index (χ1) is 11.8. The van der Waals surface area contributed by atoms with E-state index in [1.54, 1.807) is 7.05 Å². The lowest BCUT2D eigenvalue weighted by Gasteiger charge is -2.33. The zero-order valence-corrected chi connectivity index (χ0v) is 16.7. The number of rotatable bonds is 7. The Morgan fingerprint density at radius 3 is 2.48 bits per heavy atom. The molecule has 0 radical (unpaired) electrons. The number of amides is 1. The molecule has 7 heteroatoms. The van der Waals surface area contributed by atoms with Crippen LogP contribution in [0.15, 0.2) is 4.99 Å². The number of carbonyl (C=O) groups excluding carboxylic acids is 1. The van der Waals surface area contributed by atoms with E-state index in [9.17, 15) is 4.79 Å². The fourth-order valence-electron chi connectivity index (χ4n) is 2.86.